The van der Waals surface area contributed by atoms with E-state index >= 15 is 0 Å². The Morgan fingerprint density at radius 1 is 1.13 bits per heavy atom. The van der Waals surface area contributed by atoms with Crippen molar-refractivity contribution in [2.75, 3.05) is 40.2 Å². The third-order valence-corrected chi connectivity index (χ3v) is 9.11. The van der Waals surface area contributed by atoms with Crippen LogP contribution in [0.4, 0.5) is 5.69 Å². The van der Waals surface area contributed by atoms with Crippen LogP contribution >= 0.6 is 0 Å². The van der Waals surface area contributed by atoms with Crippen LogP contribution in [0, 0.1) is 11.8 Å². The van der Waals surface area contributed by atoms with Crippen molar-refractivity contribution in [1.29, 1.82) is 0 Å². The Kier molecular flexibility index (Phi) is 7.09. The number of methoxy groups -OCH3 is 1. The highest BCUT2D eigenvalue weighted by Crippen LogP contribution is 2.53. The van der Waals surface area contributed by atoms with Gasteiger partial charge in [-0.25, -0.2) is 4.98 Å². The van der Waals surface area contributed by atoms with Crippen molar-refractivity contribution in [1.82, 2.24) is 9.88 Å². The lowest BCUT2D eigenvalue weighted by atomic mass is 9.58. The maximum Gasteiger partial charge on any atom is 0.255 e. The minimum Gasteiger partial charge on any atom is -0.510 e. The Bertz CT molecular complexity index is 1870. The number of ether oxygens (including phenoxy) is 1. The Morgan fingerprint density at radius 3 is 2.42 bits per heavy atom. The summed E-state index contributed by atoms with van der Waals surface area (Å²) in [6.45, 7) is 0. The summed E-state index contributed by atoms with van der Waals surface area (Å²) in [5.41, 5.74) is 4.91. The molecule has 45 heavy (non-hydrogen) atoms. The van der Waals surface area contributed by atoms with Crippen LogP contribution in [-0.4, -0.2) is 89.6 Å². The summed E-state index contributed by atoms with van der Waals surface area (Å²) in [4.78, 5) is 48.2. The lowest BCUT2D eigenvalue weighted by molar-refractivity contribution is -0.148. The van der Waals surface area contributed by atoms with E-state index in [-0.39, 0.29) is 35.5 Å². The molecule has 0 fully saturated rings. The van der Waals surface area contributed by atoms with E-state index in [0.717, 1.165) is 17.0 Å². The van der Waals surface area contributed by atoms with E-state index in [1.54, 1.807) is 32.2 Å². The van der Waals surface area contributed by atoms with E-state index in [1.165, 1.54) is 0 Å². The summed E-state index contributed by atoms with van der Waals surface area (Å²) in [5, 5.41) is 34.5. The fraction of sp³-hybridized carbons (Fsp3) is 0.333. The molecular weight excluding hydrogens is 580 g/mol. The highest BCUT2D eigenvalue weighted by Gasteiger charge is 2.63. The van der Waals surface area contributed by atoms with Crippen molar-refractivity contribution in [3.05, 3.63) is 75.6 Å². The van der Waals surface area contributed by atoms with Gasteiger partial charge in [0.05, 0.1) is 18.7 Å². The topological polar surface area (TPSA) is 180 Å². The molecule has 12 nitrogen and oxygen atoms in total. The molecule has 0 unspecified atom stereocenters. The Morgan fingerprint density at radius 2 is 1.82 bits per heavy atom. The number of aliphatic hydroxyl groups excluding tert-OH is 2. The minimum atomic E-state index is -2.66. The van der Waals surface area contributed by atoms with Gasteiger partial charge in [-0.15, -0.1) is 0 Å². The zero-order chi connectivity index (χ0) is 32.5. The number of ketones is 2. The predicted octanol–water partition coefficient (Wildman–Crippen LogP) is 2.80. The van der Waals surface area contributed by atoms with Gasteiger partial charge in [0.1, 0.15) is 28.4 Å². The van der Waals surface area contributed by atoms with Gasteiger partial charge in [0.2, 0.25) is 11.7 Å². The molecule has 234 valence electrons. The van der Waals surface area contributed by atoms with Gasteiger partial charge >= 0.3 is 0 Å². The average Bonchev–Trinajstić information content (AvgIpc) is 3.40. The summed E-state index contributed by atoms with van der Waals surface area (Å²) < 4.78 is 11.3. The standard InChI is InChI=1S/C33H34N4O8/c1-36(2)21-14-20-29(45-22(35-20)11-8-15-6-9-17(44-5)10-7-15)24-18(21)12-16-13-19-26(37(3)4)28(39)25(32(34)42)31(41)33(19,43)30(40)23(16)27(24)38/h6-11,14,16,19,26,39-40,43H,12-13H2,1-5H3,(H2,34,42)/b11-8+/t16-,19-,26-,33-/m0/s1. The second-order valence-electron chi connectivity index (χ2n) is 12.1. The molecule has 0 aliphatic heterocycles. The van der Waals surface area contributed by atoms with Crippen LogP contribution in [0.15, 0.2) is 57.4 Å². The quantitative estimate of drug-likeness (QED) is 0.300. The molecule has 1 amide bonds. The van der Waals surface area contributed by atoms with Crippen molar-refractivity contribution in [2.45, 2.75) is 24.5 Å². The van der Waals surface area contributed by atoms with Gasteiger partial charge in [-0.3, -0.25) is 19.3 Å². The summed E-state index contributed by atoms with van der Waals surface area (Å²) in [5.74, 6) is -5.23. The number of amides is 1. The van der Waals surface area contributed by atoms with Crippen LogP contribution in [-0.2, 0) is 16.0 Å². The SMILES string of the molecule is COc1ccc(/C=C/c2nc3cc(N(C)C)c4c(c3o2)C(=O)C2=C(O)[C@]3(O)C(=O)C(C(N)=O)=C(O)[C@@H](N(C)C)[C@@H]3C[C@@H]2C4)cc1. The number of oxazole rings is 1. The third kappa shape index (κ3) is 4.43. The number of aromatic nitrogens is 1. The number of aliphatic hydroxyl groups is 3. The van der Waals surface area contributed by atoms with Gasteiger partial charge in [-0.05, 0) is 68.3 Å². The number of allylic oxidation sites excluding steroid dienone is 1. The number of fused-ring (bicyclic) bond motifs is 5. The fourth-order valence-corrected chi connectivity index (χ4v) is 7.06. The van der Waals surface area contributed by atoms with Gasteiger partial charge in [-0.2, -0.15) is 0 Å². The van der Waals surface area contributed by atoms with Gasteiger partial charge < -0.3 is 35.1 Å². The lowest BCUT2D eigenvalue weighted by Gasteiger charge is -2.50. The molecule has 5 N–H and O–H groups in total. The van der Waals surface area contributed by atoms with Gasteiger partial charge in [0.25, 0.3) is 5.91 Å². The van der Waals surface area contributed by atoms with Crippen LogP contribution in [0.3, 0.4) is 0 Å². The van der Waals surface area contributed by atoms with E-state index in [9.17, 15) is 29.7 Å². The monoisotopic (exact) mass is 614 g/mol. The molecule has 0 radical (unpaired) electrons. The first kappa shape index (κ1) is 30.1. The first-order valence-electron chi connectivity index (χ1n) is 14.4. The number of Topliss-reactive ketones (excluding diaryl/α,β-unsaturated/α-hetero) is 2. The van der Waals surface area contributed by atoms with Gasteiger partial charge in [0.15, 0.2) is 17.0 Å². The number of carbonyl (C=O) groups is 3. The van der Waals surface area contributed by atoms with Crippen LogP contribution in [0.2, 0.25) is 0 Å². The van der Waals surface area contributed by atoms with E-state index in [1.807, 2.05) is 55.4 Å². The van der Waals surface area contributed by atoms with Crippen LogP contribution in [0.25, 0.3) is 23.3 Å². The van der Waals surface area contributed by atoms with Crippen molar-refractivity contribution in [3.63, 3.8) is 0 Å². The second-order valence-corrected chi connectivity index (χ2v) is 12.1. The third-order valence-electron chi connectivity index (χ3n) is 9.11. The lowest BCUT2D eigenvalue weighted by Crippen LogP contribution is -2.63. The molecule has 0 saturated carbocycles. The Hall–Kier alpha value is -4.94. The summed E-state index contributed by atoms with van der Waals surface area (Å²) >= 11 is 0. The van der Waals surface area contributed by atoms with Gasteiger partial charge in [0, 0.05) is 37.3 Å². The molecule has 0 saturated heterocycles. The first-order valence-corrected chi connectivity index (χ1v) is 14.4. The van der Waals surface area contributed by atoms with Crippen LogP contribution in [0.5, 0.6) is 5.75 Å². The number of primary amides is 1. The van der Waals surface area contributed by atoms with Crippen LogP contribution < -0.4 is 15.4 Å². The number of hydrogen-bond donors (Lipinski definition) is 4. The molecule has 1 heterocycles. The Labute approximate surface area is 258 Å². The molecule has 4 atom stereocenters. The molecule has 12 heteroatoms. The molecule has 0 bridgehead atoms. The molecule has 6 rings (SSSR count). The van der Waals surface area contributed by atoms with Crippen molar-refractivity contribution in [3.8, 4) is 5.75 Å². The normalized spacial score (nSPS) is 24.7. The summed E-state index contributed by atoms with van der Waals surface area (Å²) in [6.07, 6.45) is 3.82. The van der Waals surface area contributed by atoms with Crippen LogP contribution in [0.1, 0.15) is 33.8 Å². The molecule has 0 spiro atoms. The number of rotatable bonds is 6. The van der Waals surface area contributed by atoms with Crippen molar-refractivity contribution in [2.24, 2.45) is 17.6 Å². The second kappa shape index (κ2) is 10.6. The number of nitrogens with zero attached hydrogens (tertiary/aromatic N) is 3. The molecule has 2 aromatic carbocycles. The maximum atomic E-state index is 14.4. The first-order chi connectivity index (χ1) is 21.3. The average molecular weight is 615 g/mol. The number of hydrogen-bond acceptors (Lipinski definition) is 11. The number of likely N-dealkylation sites (N-methyl/N-ethyl adjacent to an activating group) is 1. The van der Waals surface area contributed by atoms with E-state index in [2.05, 4.69) is 4.98 Å². The number of anilines is 1. The summed E-state index contributed by atoms with van der Waals surface area (Å²) in [7, 11) is 8.49. The van der Waals surface area contributed by atoms with Crippen molar-refractivity contribution >= 4 is 46.4 Å². The minimum absolute atomic E-state index is 0.0585. The number of benzene rings is 2. The molecule has 3 aliphatic rings. The predicted molar refractivity (Wildman–Crippen MR) is 166 cm³/mol. The fourth-order valence-electron chi connectivity index (χ4n) is 7.06. The Balaban J connectivity index is 1.50. The van der Waals surface area contributed by atoms with Gasteiger partial charge in [-0.1, -0.05) is 12.1 Å². The molecular formula is C33H34N4O8. The highest BCUT2D eigenvalue weighted by molar-refractivity contribution is 6.25. The number of nitrogens with two attached hydrogens (primary N) is 1. The zero-order valence-corrected chi connectivity index (χ0v) is 25.5. The molecule has 3 aromatic rings. The maximum absolute atomic E-state index is 14.4. The van der Waals surface area contributed by atoms with E-state index in [0.29, 0.717) is 11.1 Å². The molecule has 3 aliphatic carbocycles. The van der Waals surface area contributed by atoms with Crippen molar-refractivity contribution < 1.29 is 38.9 Å². The number of carbonyl (C=O) groups excluding carboxylic acids is 3. The molecule has 1 aromatic heterocycles. The van der Waals surface area contributed by atoms with E-state index < -0.39 is 58.0 Å². The zero-order valence-electron chi connectivity index (χ0n) is 25.5. The summed E-state index contributed by atoms with van der Waals surface area (Å²) in [6, 6.07) is 8.20. The van der Waals surface area contributed by atoms with E-state index in [4.69, 9.17) is 14.9 Å². The highest BCUT2D eigenvalue weighted by atomic mass is 16.5. The largest absolute Gasteiger partial charge is 0.510 e. The smallest absolute Gasteiger partial charge is 0.255 e.